The number of hydrogen-bond donors (Lipinski definition) is 0. The van der Waals surface area contributed by atoms with Crippen molar-refractivity contribution in [3.8, 4) is 11.5 Å². The van der Waals surface area contributed by atoms with Crippen molar-refractivity contribution < 1.29 is 18.5 Å². The Kier molecular flexibility index (Phi) is 4.27. The Morgan fingerprint density at radius 2 is 1.84 bits per heavy atom. The van der Waals surface area contributed by atoms with E-state index in [2.05, 4.69) is 27.7 Å². The standard InChI is InChI=1S/C19H12INO4/c20-15-7-3-2-6-14(15)19(22)23-11-13-10-18(25-21-13)17-9-12-5-1-4-8-16(12)24-17/h1-10H,11H2. The van der Waals surface area contributed by atoms with Gasteiger partial charge in [0, 0.05) is 15.0 Å². The summed E-state index contributed by atoms with van der Waals surface area (Å²) in [5.41, 5.74) is 1.83. The zero-order valence-corrected chi connectivity index (χ0v) is 15.1. The molecule has 2 heterocycles. The van der Waals surface area contributed by atoms with Crippen molar-refractivity contribution in [2.75, 3.05) is 0 Å². The molecule has 4 aromatic rings. The number of para-hydroxylation sites is 1. The molecule has 124 valence electrons. The molecule has 0 aliphatic heterocycles. The molecule has 2 aromatic carbocycles. The molecule has 0 amide bonds. The van der Waals surface area contributed by atoms with Crippen LogP contribution in [0.3, 0.4) is 0 Å². The molecule has 0 saturated heterocycles. The first kappa shape index (κ1) is 15.9. The number of rotatable bonds is 4. The smallest absolute Gasteiger partial charge is 0.339 e. The van der Waals surface area contributed by atoms with Crippen LogP contribution in [0.1, 0.15) is 16.1 Å². The first-order valence-corrected chi connectivity index (χ1v) is 8.65. The summed E-state index contributed by atoms with van der Waals surface area (Å²) in [6.07, 6.45) is 0. The monoisotopic (exact) mass is 445 g/mol. The second-order valence-electron chi connectivity index (χ2n) is 5.39. The number of nitrogens with zero attached hydrogens (tertiary/aromatic N) is 1. The summed E-state index contributed by atoms with van der Waals surface area (Å²) >= 11 is 2.10. The van der Waals surface area contributed by atoms with Gasteiger partial charge < -0.3 is 13.7 Å². The molecule has 2 aromatic heterocycles. The molecule has 4 rings (SSSR count). The Hall–Kier alpha value is -2.61. The second kappa shape index (κ2) is 6.72. The maximum absolute atomic E-state index is 12.1. The van der Waals surface area contributed by atoms with Crippen molar-refractivity contribution in [3.05, 3.63) is 75.5 Å². The Balaban J connectivity index is 1.48. The van der Waals surface area contributed by atoms with E-state index in [1.165, 1.54) is 0 Å². The Morgan fingerprint density at radius 3 is 2.68 bits per heavy atom. The number of aromatic nitrogens is 1. The number of carbonyl (C=O) groups excluding carboxylic acids is 1. The summed E-state index contributed by atoms with van der Waals surface area (Å²) in [7, 11) is 0. The highest BCUT2D eigenvalue weighted by Crippen LogP contribution is 2.28. The molecule has 0 fully saturated rings. The summed E-state index contributed by atoms with van der Waals surface area (Å²) in [6, 6.07) is 18.6. The van der Waals surface area contributed by atoms with Gasteiger partial charge in [-0.2, -0.15) is 0 Å². The van der Waals surface area contributed by atoms with Gasteiger partial charge in [0.15, 0.2) is 5.76 Å². The molecule has 0 saturated carbocycles. The van der Waals surface area contributed by atoms with Crippen LogP contribution in [0.5, 0.6) is 0 Å². The molecule has 6 heteroatoms. The summed E-state index contributed by atoms with van der Waals surface area (Å²) in [5, 5.41) is 4.92. The van der Waals surface area contributed by atoms with Crippen LogP contribution in [0.4, 0.5) is 0 Å². The van der Waals surface area contributed by atoms with Crippen LogP contribution in [-0.4, -0.2) is 11.1 Å². The van der Waals surface area contributed by atoms with Crippen LogP contribution >= 0.6 is 22.6 Å². The van der Waals surface area contributed by atoms with Gasteiger partial charge in [-0.1, -0.05) is 35.5 Å². The van der Waals surface area contributed by atoms with Crippen molar-refractivity contribution in [1.29, 1.82) is 0 Å². The van der Waals surface area contributed by atoms with Crippen LogP contribution < -0.4 is 0 Å². The average molecular weight is 445 g/mol. The third kappa shape index (κ3) is 3.30. The first-order chi connectivity index (χ1) is 12.2. The van der Waals surface area contributed by atoms with Gasteiger partial charge in [0.2, 0.25) is 5.76 Å². The van der Waals surface area contributed by atoms with Crippen LogP contribution in [0.25, 0.3) is 22.5 Å². The zero-order valence-electron chi connectivity index (χ0n) is 12.9. The van der Waals surface area contributed by atoms with E-state index in [-0.39, 0.29) is 6.61 Å². The number of halogens is 1. The van der Waals surface area contributed by atoms with Crippen molar-refractivity contribution in [2.45, 2.75) is 6.61 Å². The van der Waals surface area contributed by atoms with E-state index >= 15 is 0 Å². The Bertz CT molecular complexity index is 1020. The predicted molar refractivity (Wildman–Crippen MR) is 100.0 cm³/mol. The number of fused-ring (bicyclic) bond motifs is 1. The lowest BCUT2D eigenvalue weighted by Gasteiger charge is -2.03. The Labute approximate surface area is 156 Å². The van der Waals surface area contributed by atoms with Gasteiger partial charge in [-0.25, -0.2) is 4.79 Å². The molecule has 0 spiro atoms. The minimum Gasteiger partial charge on any atom is -0.455 e. The van der Waals surface area contributed by atoms with Gasteiger partial charge in [0.05, 0.1) is 5.56 Å². The van der Waals surface area contributed by atoms with E-state index in [1.54, 1.807) is 18.2 Å². The number of ether oxygens (including phenoxy) is 1. The molecule has 0 radical (unpaired) electrons. The van der Waals surface area contributed by atoms with Crippen molar-refractivity contribution >= 4 is 39.5 Å². The maximum atomic E-state index is 12.1. The third-order valence-electron chi connectivity index (χ3n) is 3.67. The van der Waals surface area contributed by atoms with E-state index in [4.69, 9.17) is 13.7 Å². The Morgan fingerprint density at radius 1 is 1.04 bits per heavy atom. The van der Waals surface area contributed by atoms with E-state index in [9.17, 15) is 4.79 Å². The molecule has 0 bridgehead atoms. The largest absolute Gasteiger partial charge is 0.455 e. The molecule has 0 atom stereocenters. The zero-order chi connectivity index (χ0) is 17.2. The predicted octanol–water partition coefficient (Wildman–Crippen LogP) is 5.05. The second-order valence-corrected chi connectivity index (χ2v) is 6.55. The highest BCUT2D eigenvalue weighted by atomic mass is 127. The van der Waals surface area contributed by atoms with Crippen LogP contribution in [-0.2, 0) is 11.3 Å². The number of benzene rings is 2. The highest BCUT2D eigenvalue weighted by molar-refractivity contribution is 14.1. The quantitative estimate of drug-likeness (QED) is 0.325. The summed E-state index contributed by atoms with van der Waals surface area (Å²) < 4.78 is 17.2. The van der Waals surface area contributed by atoms with Crippen molar-refractivity contribution in [2.24, 2.45) is 0 Å². The van der Waals surface area contributed by atoms with Crippen LogP contribution in [0, 0.1) is 3.57 Å². The number of furan rings is 1. The lowest BCUT2D eigenvalue weighted by Crippen LogP contribution is -2.07. The van der Waals surface area contributed by atoms with Gasteiger partial charge in [0.25, 0.3) is 0 Å². The van der Waals surface area contributed by atoms with Crippen LogP contribution in [0.15, 0.2) is 69.6 Å². The molecule has 5 nitrogen and oxygen atoms in total. The van der Waals surface area contributed by atoms with Gasteiger partial charge in [0.1, 0.15) is 17.9 Å². The number of hydrogen-bond acceptors (Lipinski definition) is 5. The van der Waals surface area contributed by atoms with E-state index < -0.39 is 5.97 Å². The minimum atomic E-state index is -0.390. The minimum absolute atomic E-state index is 0.0353. The maximum Gasteiger partial charge on any atom is 0.339 e. The molecular weight excluding hydrogens is 433 g/mol. The normalized spacial score (nSPS) is 10.9. The lowest BCUT2D eigenvalue weighted by atomic mass is 10.2. The molecule has 0 aliphatic rings. The summed E-state index contributed by atoms with van der Waals surface area (Å²) in [5.74, 6) is 0.693. The van der Waals surface area contributed by atoms with E-state index in [0.717, 1.165) is 14.5 Å². The number of carbonyl (C=O) groups is 1. The lowest BCUT2D eigenvalue weighted by molar-refractivity contribution is 0.0463. The van der Waals surface area contributed by atoms with Crippen LogP contribution in [0.2, 0.25) is 0 Å². The first-order valence-electron chi connectivity index (χ1n) is 7.57. The third-order valence-corrected chi connectivity index (χ3v) is 4.61. The van der Waals surface area contributed by atoms with Gasteiger partial charge in [-0.15, -0.1) is 0 Å². The van der Waals surface area contributed by atoms with E-state index in [0.29, 0.717) is 22.8 Å². The van der Waals surface area contributed by atoms with Gasteiger partial charge in [-0.05, 0) is 46.9 Å². The fourth-order valence-electron chi connectivity index (χ4n) is 2.44. The molecule has 0 N–H and O–H groups in total. The average Bonchev–Trinajstić information content (AvgIpc) is 3.26. The van der Waals surface area contributed by atoms with Crippen molar-refractivity contribution in [1.82, 2.24) is 5.16 Å². The number of esters is 1. The van der Waals surface area contributed by atoms with Gasteiger partial charge >= 0.3 is 5.97 Å². The van der Waals surface area contributed by atoms with E-state index in [1.807, 2.05) is 42.5 Å². The molecule has 0 unspecified atom stereocenters. The fourth-order valence-corrected chi connectivity index (χ4v) is 3.05. The summed E-state index contributed by atoms with van der Waals surface area (Å²) in [6.45, 7) is 0.0353. The molecule has 25 heavy (non-hydrogen) atoms. The molecule has 0 aliphatic carbocycles. The highest BCUT2D eigenvalue weighted by Gasteiger charge is 2.15. The van der Waals surface area contributed by atoms with Crippen molar-refractivity contribution in [3.63, 3.8) is 0 Å². The molecular formula is C19H12INO4. The summed E-state index contributed by atoms with van der Waals surface area (Å²) in [4.78, 5) is 12.1. The van der Waals surface area contributed by atoms with Gasteiger partial charge in [-0.3, -0.25) is 0 Å². The fraction of sp³-hybridized carbons (Fsp3) is 0.0526. The SMILES string of the molecule is O=C(OCc1cc(-c2cc3ccccc3o2)on1)c1ccccc1I. The topological polar surface area (TPSA) is 65.5 Å².